The van der Waals surface area contributed by atoms with E-state index in [0.29, 0.717) is 19.1 Å². The molecule has 0 radical (unpaired) electrons. The minimum Gasteiger partial charge on any atom is -0.381 e. The molecule has 1 saturated carbocycles. The van der Waals surface area contributed by atoms with Crippen molar-refractivity contribution < 1.29 is 8.42 Å². The number of rotatable bonds is 8. The molecule has 0 atom stereocenters. The van der Waals surface area contributed by atoms with Crippen molar-refractivity contribution in [1.29, 1.82) is 0 Å². The summed E-state index contributed by atoms with van der Waals surface area (Å²) in [6, 6.07) is 5.62. The van der Waals surface area contributed by atoms with Crippen LogP contribution in [0.25, 0.3) is 0 Å². The molecule has 0 bridgehead atoms. The normalized spacial score (nSPS) is 15.4. The molecule has 3 rings (SSSR count). The van der Waals surface area contributed by atoms with Gasteiger partial charge in [-0.2, -0.15) is 0 Å². The highest BCUT2D eigenvalue weighted by Gasteiger charge is 2.18. The molecular formula is C19H27N5O2S. The summed E-state index contributed by atoms with van der Waals surface area (Å²) in [5.41, 5.74) is 2.62. The molecule has 0 saturated heterocycles. The predicted molar refractivity (Wildman–Crippen MR) is 107 cm³/mol. The second-order valence-electron chi connectivity index (χ2n) is 6.79. The summed E-state index contributed by atoms with van der Waals surface area (Å²) in [6.45, 7) is 2.64. The zero-order valence-electron chi connectivity index (χ0n) is 15.6. The summed E-state index contributed by atoms with van der Waals surface area (Å²) >= 11 is 0. The van der Waals surface area contributed by atoms with Gasteiger partial charge in [-0.1, -0.05) is 26.2 Å². The zero-order valence-corrected chi connectivity index (χ0v) is 16.4. The number of anilines is 2. The third-order valence-electron chi connectivity index (χ3n) is 4.70. The van der Waals surface area contributed by atoms with Gasteiger partial charge in [0.15, 0.2) is 0 Å². The van der Waals surface area contributed by atoms with E-state index in [4.69, 9.17) is 0 Å². The number of sulfonamides is 1. The van der Waals surface area contributed by atoms with Crippen molar-refractivity contribution in [1.82, 2.24) is 14.7 Å². The average Bonchev–Trinajstić information content (AvgIpc) is 2.68. The van der Waals surface area contributed by atoms with E-state index in [1.807, 2.05) is 6.07 Å². The van der Waals surface area contributed by atoms with Crippen LogP contribution in [0.15, 0.2) is 41.8 Å². The predicted octanol–water partition coefficient (Wildman–Crippen LogP) is 3.13. The van der Waals surface area contributed by atoms with Gasteiger partial charge in [0.05, 0.1) is 16.3 Å². The van der Waals surface area contributed by atoms with Gasteiger partial charge < -0.3 is 10.6 Å². The minimum absolute atomic E-state index is 0.255. The standard InChI is InChI=1S/C19H27N5O2S/c1-2-23-27(25,26)17-8-9-18(24-16-6-4-3-5-7-16)19(10-17)22-13-15-11-20-14-21-12-15/h8-12,14,16,22-24H,2-7,13H2,1H3. The van der Waals surface area contributed by atoms with E-state index in [9.17, 15) is 8.42 Å². The highest BCUT2D eigenvalue weighted by molar-refractivity contribution is 7.89. The molecule has 1 aliphatic carbocycles. The molecule has 27 heavy (non-hydrogen) atoms. The lowest BCUT2D eigenvalue weighted by Crippen LogP contribution is -2.24. The van der Waals surface area contributed by atoms with Crippen LogP contribution in [-0.4, -0.2) is 31.0 Å². The monoisotopic (exact) mass is 389 g/mol. The first-order valence-corrected chi connectivity index (χ1v) is 10.9. The summed E-state index contributed by atoms with van der Waals surface area (Å²) in [7, 11) is -3.51. The quantitative estimate of drug-likeness (QED) is 0.642. The Morgan fingerprint density at radius 2 is 1.81 bits per heavy atom. The molecule has 146 valence electrons. The van der Waals surface area contributed by atoms with Gasteiger partial charge in [0.2, 0.25) is 10.0 Å². The fourth-order valence-corrected chi connectivity index (χ4v) is 4.39. The summed E-state index contributed by atoms with van der Waals surface area (Å²) in [5, 5.41) is 6.93. The van der Waals surface area contributed by atoms with E-state index in [0.717, 1.165) is 29.8 Å². The fourth-order valence-electron chi connectivity index (χ4n) is 3.32. The summed E-state index contributed by atoms with van der Waals surface area (Å²) < 4.78 is 27.3. The van der Waals surface area contributed by atoms with E-state index < -0.39 is 10.0 Å². The van der Waals surface area contributed by atoms with E-state index in [1.54, 1.807) is 31.5 Å². The Balaban J connectivity index is 1.84. The van der Waals surface area contributed by atoms with Crippen LogP contribution in [-0.2, 0) is 16.6 Å². The molecule has 1 aliphatic rings. The van der Waals surface area contributed by atoms with Crippen molar-refractivity contribution >= 4 is 21.4 Å². The van der Waals surface area contributed by atoms with Crippen molar-refractivity contribution in [3.8, 4) is 0 Å². The maximum absolute atomic E-state index is 12.4. The lowest BCUT2D eigenvalue weighted by molar-refractivity contribution is 0.463. The number of hydrogen-bond donors (Lipinski definition) is 3. The molecular weight excluding hydrogens is 362 g/mol. The minimum atomic E-state index is -3.51. The average molecular weight is 390 g/mol. The Hall–Kier alpha value is -2.19. The van der Waals surface area contributed by atoms with Gasteiger partial charge in [-0.3, -0.25) is 0 Å². The van der Waals surface area contributed by atoms with Crippen molar-refractivity contribution in [2.75, 3.05) is 17.2 Å². The molecule has 1 fully saturated rings. The van der Waals surface area contributed by atoms with E-state index in [-0.39, 0.29) is 4.90 Å². The molecule has 1 aromatic carbocycles. The van der Waals surface area contributed by atoms with Gasteiger partial charge in [-0.25, -0.2) is 23.1 Å². The number of nitrogens with zero attached hydrogens (tertiary/aromatic N) is 2. The third kappa shape index (κ3) is 5.40. The largest absolute Gasteiger partial charge is 0.381 e. The van der Waals surface area contributed by atoms with Crippen LogP contribution in [0.5, 0.6) is 0 Å². The molecule has 8 heteroatoms. The number of aromatic nitrogens is 2. The maximum Gasteiger partial charge on any atom is 0.240 e. The first kappa shape index (κ1) is 19.6. The molecule has 1 aromatic heterocycles. The summed E-state index contributed by atoms with van der Waals surface area (Å²) in [5.74, 6) is 0. The van der Waals surface area contributed by atoms with Crippen molar-refractivity contribution in [3.05, 3.63) is 42.5 Å². The maximum atomic E-state index is 12.4. The molecule has 2 aromatic rings. The lowest BCUT2D eigenvalue weighted by atomic mass is 9.95. The molecule has 0 aliphatic heterocycles. The molecule has 1 heterocycles. The molecule has 0 unspecified atom stereocenters. The van der Waals surface area contributed by atoms with Gasteiger partial charge in [-0.15, -0.1) is 0 Å². The summed E-state index contributed by atoms with van der Waals surface area (Å²) in [4.78, 5) is 8.30. The number of nitrogens with one attached hydrogen (secondary N) is 3. The van der Waals surface area contributed by atoms with Crippen molar-refractivity contribution in [2.45, 2.75) is 56.5 Å². The van der Waals surface area contributed by atoms with Crippen molar-refractivity contribution in [2.24, 2.45) is 0 Å². The van der Waals surface area contributed by atoms with Gasteiger partial charge >= 0.3 is 0 Å². The van der Waals surface area contributed by atoms with E-state index >= 15 is 0 Å². The van der Waals surface area contributed by atoms with Gasteiger partial charge in [0.25, 0.3) is 0 Å². The first-order valence-electron chi connectivity index (χ1n) is 9.46. The van der Waals surface area contributed by atoms with Crippen LogP contribution in [0.1, 0.15) is 44.6 Å². The second kappa shape index (κ2) is 9.14. The van der Waals surface area contributed by atoms with Crippen LogP contribution < -0.4 is 15.4 Å². The van der Waals surface area contributed by atoms with Gasteiger partial charge in [-0.05, 0) is 31.0 Å². The van der Waals surface area contributed by atoms with Crippen LogP contribution >= 0.6 is 0 Å². The van der Waals surface area contributed by atoms with E-state index in [1.165, 1.54) is 25.6 Å². The van der Waals surface area contributed by atoms with Crippen LogP contribution in [0, 0.1) is 0 Å². The fraction of sp³-hybridized carbons (Fsp3) is 0.474. The van der Waals surface area contributed by atoms with Crippen LogP contribution in [0.2, 0.25) is 0 Å². The SMILES string of the molecule is CCNS(=O)(=O)c1ccc(NC2CCCCC2)c(NCc2cncnc2)c1. The Kier molecular flexibility index (Phi) is 6.63. The topological polar surface area (TPSA) is 96.0 Å². The smallest absolute Gasteiger partial charge is 0.240 e. The van der Waals surface area contributed by atoms with Gasteiger partial charge in [0.1, 0.15) is 6.33 Å². The lowest BCUT2D eigenvalue weighted by Gasteiger charge is -2.25. The number of benzene rings is 1. The van der Waals surface area contributed by atoms with Crippen LogP contribution in [0.4, 0.5) is 11.4 Å². The van der Waals surface area contributed by atoms with Gasteiger partial charge in [0, 0.05) is 37.1 Å². The Bertz CT molecular complexity index is 836. The molecule has 3 N–H and O–H groups in total. The van der Waals surface area contributed by atoms with Crippen LogP contribution in [0.3, 0.4) is 0 Å². The van der Waals surface area contributed by atoms with Crippen molar-refractivity contribution in [3.63, 3.8) is 0 Å². The highest BCUT2D eigenvalue weighted by Crippen LogP contribution is 2.29. The Morgan fingerprint density at radius 3 is 2.52 bits per heavy atom. The van der Waals surface area contributed by atoms with E-state index in [2.05, 4.69) is 25.3 Å². The molecule has 0 amide bonds. The first-order chi connectivity index (χ1) is 13.1. The summed E-state index contributed by atoms with van der Waals surface area (Å²) in [6.07, 6.45) is 11.0. The Morgan fingerprint density at radius 1 is 1.07 bits per heavy atom. The second-order valence-corrected chi connectivity index (χ2v) is 8.56. The Labute approximate surface area is 161 Å². The number of hydrogen-bond acceptors (Lipinski definition) is 6. The highest BCUT2D eigenvalue weighted by atomic mass is 32.2. The molecule has 0 spiro atoms. The molecule has 7 nitrogen and oxygen atoms in total. The zero-order chi connectivity index (χ0) is 19.1. The third-order valence-corrected chi connectivity index (χ3v) is 6.24.